The lowest BCUT2D eigenvalue weighted by Crippen LogP contribution is -2.58. The lowest BCUT2D eigenvalue weighted by Gasteiger charge is -2.38. The molecular weight excluding hydrogens is 266 g/mol. The summed E-state index contributed by atoms with van der Waals surface area (Å²) in [4.78, 5) is 12.7. The van der Waals surface area contributed by atoms with Crippen molar-refractivity contribution < 1.29 is 9.53 Å². The van der Waals surface area contributed by atoms with E-state index in [0.29, 0.717) is 6.04 Å². The topological polar surface area (TPSA) is 62.4 Å². The normalized spacial score (nSPS) is 20.6. The van der Waals surface area contributed by atoms with E-state index in [2.05, 4.69) is 16.0 Å². The SMILES string of the molecule is COc1cccc(NC2(C(=O)NC3CC3)CCNCC2)c1. The van der Waals surface area contributed by atoms with Crippen LogP contribution in [-0.4, -0.2) is 37.7 Å². The summed E-state index contributed by atoms with van der Waals surface area (Å²) in [7, 11) is 1.65. The number of amides is 1. The summed E-state index contributed by atoms with van der Waals surface area (Å²) in [6, 6.07) is 8.15. The van der Waals surface area contributed by atoms with Gasteiger partial charge in [0.15, 0.2) is 0 Å². The summed E-state index contributed by atoms with van der Waals surface area (Å²) in [5.41, 5.74) is 0.419. The number of ether oxygens (including phenoxy) is 1. The Morgan fingerprint density at radius 1 is 1.33 bits per heavy atom. The van der Waals surface area contributed by atoms with E-state index in [4.69, 9.17) is 4.74 Å². The minimum Gasteiger partial charge on any atom is -0.497 e. The molecule has 0 spiro atoms. The van der Waals surface area contributed by atoms with Gasteiger partial charge in [-0.3, -0.25) is 4.79 Å². The molecule has 1 aliphatic carbocycles. The maximum Gasteiger partial charge on any atom is 0.245 e. The number of carbonyl (C=O) groups is 1. The predicted molar refractivity (Wildman–Crippen MR) is 82.6 cm³/mol. The standard InChI is InChI=1S/C16H23N3O2/c1-21-14-4-2-3-13(11-14)19-16(7-9-17-10-8-16)15(20)18-12-5-6-12/h2-4,11-12,17,19H,5-10H2,1H3,(H,18,20). The lowest BCUT2D eigenvalue weighted by atomic mass is 9.86. The van der Waals surface area contributed by atoms with Gasteiger partial charge in [-0.2, -0.15) is 0 Å². The van der Waals surface area contributed by atoms with Gasteiger partial charge in [0.1, 0.15) is 11.3 Å². The molecule has 2 fully saturated rings. The predicted octanol–water partition coefficient (Wildman–Crippen LogP) is 1.51. The molecule has 0 atom stereocenters. The van der Waals surface area contributed by atoms with E-state index in [1.807, 2.05) is 24.3 Å². The fraction of sp³-hybridized carbons (Fsp3) is 0.562. The summed E-state index contributed by atoms with van der Waals surface area (Å²) in [6.45, 7) is 1.71. The van der Waals surface area contributed by atoms with Gasteiger partial charge in [-0.25, -0.2) is 0 Å². The maximum atomic E-state index is 12.7. The molecule has 1 aromatic carbocycles. The van der Waals surface area contributed by atoms with Gasteiger partial charge >= 0.3 is 0 Å². The van der Waals surface area contributed by atoms with Crippen LogP contribution in [0.1, 0.15) is 25.7 Å². The molecule has 1 amide bonds. The highest BCUT2D eigenvalue weighted by molar-refractivity contribution is 5.90. The first-order valence-electron chi connectivity index (χ1n) is 7.66. The summed E-state index contributed by atoms with van der Waals surface area (Å²) in [5.74, 6) is 0.931. The first-order valence-corrected chi connectivity index (χ1v) is 7.66. The van der Waals surface area contributed by atoms with Crippen molar-refractivity contribution in [3.63, 3.8) is 0 Å². The summed E-state index contributed by atoms with van der Waals surface area (Å²) >= 11 is 0. The molecule has 3 N–H and O–H groups in total. The number of benzene rings is 1. The van der Waals surface area contributed by atoms with Crippen molar-refractivity contribution in [2.24, 2.45) is 0 Å². The van der Waals surface area contributed by atoms with E-state index < -0.39 is 5.54 Å². The van der Waals surface area contributed by atoms with Crippen molar-refractivity contribution in [1.82, 2.24) is 10.6 Å². The van der Waals surface area contributed by atoms with Gasteiger partial charge in [-0.05, 0) is 50.9 Å². The molecule has 1 saturated carbocycles. The van der Waals surface area contributed by atoms with Crippen LogP contribution in [0.5, 0.6) is 5.75 Å². The molecule has 5 heteroatoms. The highest BCUT2D eigenvalue weighted by Crippen LogP contribution is 2.28. The zero-order valence-corrected chi connectivity index (χ0v) is 12.4. The quantitative estimate of drug-likeness (QED) is 0.769. The average Bonchev–Trinajstić information content (AvgIpc) is 3.32. The van der Waals surface area contributed by atoms with Crippen LogP contribution < -0.4 is 20.7 Å². The van der Waals surface area contributed by atoms with Gasteiger partial charge < -0.3 is 20.7 Å². The molecule has 0 aromatic heterocycles. The largest absolute Gasteiger partial charge is 0.497 e. The second kappa shape index (κ2) is 5.93. The third-order valence-electron chi connectivity index (χ3n) is 4.26. The van der Waals surface area contributed by atoms with Crippen molar-refractivity contribution in [3.05, 3.63) is 24.3 Å². The van der Waals surface area contributed by atoms with E-state index in [-0.39, 0.29) is 5.91 Å². The van der Waals surface area contributed by atoms with Crippen LogP contribution in [0, 0.1) is 0 Å². The van der Waals surface area contributed by atoms with E-state index in [1.165, 1.54) is 0 Å². The van der Waals surface area contributed by atoms with Crippen LogP contribution in [0.4, 0.5) is 5.69 Å². The monoisotopic (exact) mass is 289 g/mol. The number of hydrogen-bond acceptors (Lipinski definition) is 4. The fourth-order valence-corrected chi connectivity index (χ4v) is 2.79. The van der Waals surface area contributed by atoms with Gasteiger partial charge in [0, 0.05) is 17.8 Å². The van der Waals surface area contributed by atoms with Crippen molar-refractivity contribution in [2.45, 2.75) is 37.3 Å². The Kier molecular flexibility index (Phi) is 4.01. The van der Waals surface area contributed by atoms with Gasteiger partial charge in [0.05, 0.1) is 7.11 Å². The fourth-order valence-electron chi connectivity index (χ4n) is 2.79. The number of rotatable bonds is 5. The second-order valence-corrected chi connectivity index (χ2v) is 5.94. The number of hydrogen-bond donors (Lipinski definition) is 3. The van der Waals surface area contributed by atoms with Gasteiger partial charge in [-0.1, -0.05) is 6.07 Å². The first kappa shape index (κ1) is 14.2. The highest BCUT2D eigenvalue weighted by Gasteiger charge is 2.41. The number of nitrogens with one attached hydrogen (secondary N) is 3. The zero-order valence-electron chi connectivity index (χ0n) is 12.4. The summed E-state index contributed by atoms with van der Waals surface area (Å²) in [6.07, 6.45) is 3.81. The third kappa shape index (κ3) is 3.29. The second-order valence-electron chi connectivity index (χ2n) is 5.94. The van der Waals surface area contributed by atoms with E-state index in [1.54, 1.807) is 7.11 Å². The molecular formula is C16H23N3O2. The minimum atomic E-state index is -0.514. The molecule has 114 valence electrons. The van der Waals surface area contributed by atoms with Gasteiger partial charge in [-0.15, -0.1) is 0 Å². The zero-order chi connectivity index (χ0) is 14.7. The maximum absolute atomic E-state index is 12.7. The molecule has 21 heavy (non-hydrogen) atoms. The van der Waals surface area contributed by atoms with E-state index in [0.717, 1.165) is 50.2 Å². The summed E-state index contributed by atoms with van der Waals surface area (Å²) < 4.78 is 5.26. The Morgan fingerprint density at radius 3 is 2.76 bits per heavy atom. The molecule has 5 nitrogen and oxygen atoms in total. The van der Waals surface area contributed by atoms with Crippen LogP contribution in [-0.2, 0) is 4.79 Å². The van der Waals surface area contributed by atoms with Crippen LogP contribution in [0.2, 0.25) is 0 Å². The lowest BCUT2D eigenvalue weighted by molar-refractivity contribution is -0.126. The molecule has 2 aliphatic rings. The van der Waals surface area contributed by atoms with Crippen LogP contribution in [0.15, 0.2) is 24.3 Å². The van der Waals surface area contributed by atoms with Crippen molar-refractivity contribution in [2.75, 3.05) is 25.5 Å². The molecule has 0 bridgehead atoms. The van der Waals surface area contributed by atoms with Gasteiger partial charge in [0.25, 0.3) is 0 Å². The molecule has 1 saturated heterocycles. The molecule has 0 radical (unpaired) electrons. The molecule has 1 heterocycles. The smallest absolute Gasteiger partial charge is 0.245 e. The Morgan fingerprint density at radius 2 is 2.10 bits per heavy atom. The number of methoxy groups -OCH3 is 1. The Hall–Kier alpha value is -1.75. The van der Waals surface area contributed by atoms with Crippen LogP contribution in [0.25, 0.3) is 0 Å². The average molecular weight is 289 g/mol. The molecule has 1 aliphatic heterocycles. The Bertz CT molecular complexity index is 508. The van der Waals surface area contributed by atoms with E-state index >= 15 is 0 Å². The molecule has 1 aromatic rings. The number of anilines is 1. The number of piperidine rings is 1. The number of carbonyl (C=O) groups excluding carboxylic acids is 1. The van der Waals surface area contributed by atoms with E-state index in [9.17, 15) is 4.79 Å². The Balaban J connectivity index is 1.78. The minimum absolute atomic E-state index is 0.134. The van der Waals surface area contributed by atoms with Crippen molar-refractivity contribution in [3.8, 4) is 5.75 Å². The first-order chi connectivity index (χ1) is 10.2. The van der Waals surface area contributed by atoms with Crippen molar-refractivity contribution in [1.29, 1.82) is 0 Å². The Labute approximate surface area is 125 Å². The highest BCUT2D eigenvalue weighted by atomic mass is 16.5. The molecule has 0 unspecified atom stereocenters. The molecule has 3 rings (SSSR count). The van der Waals surface area contributed by atoms with Crippen LogP contribution >= 0.6 is 0 Å². The van der Waals surface area contributed by atoms with Crippen LogP contribution in [0.3, 0.4) is 0 Å². The summed E-state index contributed by atoms with van der Waals surface area (Å²) in [5, 5.41) is 9.95. The van der Waals surface area contributed by atoms with Gasteiger partial charge in [0.2, 0.25) is 5.91 Å². The van der Waals surface area contributed by atoms with Crippen molar-refractivity contribution >= 4 is 11.6 Å². The third-order valence-corrected chi connectivity index (χ3v) is 4.26.